The lowest BCUT2D eigenvalue weighted by atomic mass is 10.1. The first-order valence-electron chi connectivity index (χ1n) is 7.68. The van der Waals surface area contributed by atoms with Crippen molar-refractivity contribution in [3.8, 4) is 0 Å². The highest BCUT2D eigenvalue weighted by atomic mass is 19.1. The number of hydrogen-bond donors (Lipinski definition) is 0. The molecule has 1 aliphatic carbocycles. The molecule has 1 aromatic carbocycles. The Kier molecular flexibility index (Phi) is 3.55. The van der Waals surface area contributed by atoms with Crippen LogP contribution in [0.2, 0.25) is 0 Å². The SMILES string of the molecule is CC(c1cnccn1)c1noc([C@@H]2C[C@H]2c2ccc(F)cc2F)n1. The van der Waals surface area contributed by atoms with Crippen LogP contribution in [0.1, 0.15) is 54.1 Å². The topological polar surface area (TPSA) is 64.7 Å². The number of nitrogens with zero attached hydrogens (tertiary/aromatic N) is 4. The van der Waals surface area contributed by atoms with Crippen molar-refractivity contribution in [2.45, 2.75) is 31.1 Å². The summed E-state index contributed by atoms with van der Waals surface area (Å²) in [7, 11) is 0. The Balaban J connectivity index is 1.52. The van der Waals surface area contributed by atoms with Gasteiger partial charge in [-0.3, -0.25) is 9.97 Å². The summed E-state index contributed by atoms with van der Waals surface area (Å²) in [5.41, 5.74) is 1.24. The Labute approximate surface area is 136 Å². The summed E-state index contributed by atoms with van der Waals surface area (Å²) >= 11 is 0. The number of rotatable bonds is 4. The molecule has 2 heterocycles. The van der Waals surface area contributed by atoms with Gasteiger partial charge >= 0.3 is 0 Å². The van der Waals surface area contributed by atoms with Gasteiger partial charge in [-0.2, -0.15) is 4.98 Å². The minimum atomic E-state index is -0.577. The van der Waals surface area contributed by atoms with Crippen LogP contribution in [0.15, 0.2) is 41.3 Å². The molecule has 24 heavy (non-hydrogen) atoms. The van der Waals surface area contributed by atoms with Crippen LogP contribution in [0.4, 0.5) is 8.78 Å². The highest BCUT2D eigenvalue weighted by molar-refractivity contribution is 5.32. The molecule has 7 heteroatoms. The Morgan fingerprint density at radius 1 is 1.21 bits per heavy atom. The van der Waals surface area contributed by atoms with Crippen molar-refractivity contribution in [1.82, 2.24) is 20.1 Å². The summed E-state index contributed by atoms with van der Waals surface area (Å²) in [5, 5.41) is 4.01. The fourth-order valence-electron chi connectivity index (χ4n) is 2.85. The molecule has 0 N–H and O–H groups in total. The summed E-state index contributed by atoms with van der Waals surface area (Å²) in [4.78, 5) is 12.7. The molecular formula is C17H14F2N4O. The molecule has 1 saturated carbocycles. The Morgan fingerprint density at radius 3 is 2.83 bits per heavy atom. The zero-order valence-electron chi connectivity index (χ0n) is 12.9. The molecular weight excluding hydrogens is 314 g/mol. The molecule has 0 aliphatic heterocycles. The van der Waals surface area contributed by atoms with Crippen LogP contribution in [0.25, 0.3) is 0 Å². The van der Waals surface area contributed by atoms with Crippen molar-refractivity contribution in [2.75, 3.05) is 0 Å². The van der Waals surface area contributed by atoms with E-state index in [4.69, 9.17) is 4.52 Å². The smallest absolute Gasteiger partial charge is 0.230 e. The van der Waals surface area contributed by atoms with Crippen LogP contribution in [0.3, 0.4) is 0 Å². The second kappa shape index (κ2) is 5.74. The normalized spacial score (nSPS) is 20.8. The molecule has 2 aromatic heterocycles. The quantitative estimate of drug-likeness (QED) is 0.733. The van der Waals surface area contributed by atoms with Gasteiger partial charge in [-0.25, -0.2) is 8.78 Å². The fraction of sp³-hybridized carbons (Fsp3) is 0.294. The van der Waals surface area contributed by atoms with Crippen molar-refractivity contribution < 1.29 is 13.3 Å². The lowest BCUT2D eigenvalue weighted by Gasteiger charge is -2.03. The molecule has 4 rings (SSSR count). The van der Waals surface area contributed by atoms with E-state index in [1.807, 2.05) is 6.92 Å². The van der Waals surface area contributed by atoms with E-state index in [1.54, 1.807) is 18.6 Å². The van der Waals surface area contributed by atoms with Gasteiger partial charge in [0.1, 0.15) is 11.6 Å². The molecule has 0 bridgehead atoms. The Bertz CT molecular complexity index is 868. The third kappa shape index (κ3) is 2.66. The van der Waals surface area contributed by atoms with Gasteiger partial charge in [0.05, 0.1) is 11.6 Å². The van der Waals surface area contributed by atoms with Gasteiger partial charge in [0.15, 0.2) is 5.82 Å². The average molecular weight is 328 g/mol. The summed E-state index contributed by atoms with van der Waals surface area (Å²) in [6.45, 7) is 1.92. The summed E-state index contributed by atoms with van der Waals surface area (Å²) in [6, 6.07) is 3.65. The molecule has 3 atom stereocenters. The monoisotopic (exact) mass is 328 g/mol. The van der Waals surface area contributed by atoms with Gasteiger partial charge < -0.3 is 4.52 Å². The summed E-state index contributed by atoms with van der Waals surface area (Å²) < 4.78 is 32.2. The van der Waals surface area contributed by atoms with Crippen LogP contribution in [-0.2, 0) is 0 Å². The van der Waals surface area contributed by atoms with E-state index in [2.05, 4.69) is 20.1 Å². The Morgan fingerprint density at radius 2 is 2.08 bits per heavy atom. The zero-order valence-corrected chi connectivity index (χ0v) is 12.9. The zero-order chi connectivity index (χ0) is 16.7. The minimum Gasteiger partial charge on any atom is -0.339 e. The molecule has 5 nitrogen and oxygen atoms in total. The van der Waals surface area contributed by atoms with Crippen molar-refractivity contribution in [3.63, 3.8) is 0 Å². The maximum Gasteiger partial charge on any atom is 0.230 e. The predicted molar refractivity (Wildman–Crippen MR) is 80.3 cm³/mol. The number of halogens is 2. The van der Waals surface area contributed by atoms with Crippen LogP contribution >= 0.6 is 0 Å². The van der Waals surface area contributed by atoms with E-state index in [-0.39, 0.29) is 17.8 Å². The number of hydrogen-bond acceptors (Lipinski definition) is 5. The first-order valence-corrected chi connectivity index (χ1v) is 7.68. The molecule has 0 spiro atoms. The molecule has 1 fully saturated rings. The van der Waals surface area contributed by atoms with Crippen molar-refractivity contribution in [3.05, 3.63) is 71.4 Å². The second-order valence-corrected chi connectivity index (χ2v) is 5.96. The predicted octanol–water partition coefficient (Wildman–Crippen LogP) is 3.56. The third-order valence-electron chi connectivity index (χ3n) is 4.34. The van der Waals surface area contributed by atoms with Gasteiger partial charge in [-0.05, 0) is 30.9 Å². The average Bonchev–Trinajstić information content (AvgIpc) is 3.22. The number of benzene rings is 1. The highest BCUT2D eigenvalue weighted by Gasteiger charge is 2.45. The first kappa shape index (κ1) is 14.9. The maximum atomic E-state index is 13.9. The fourth-order valence-corrected chi connectivity index (χ4v) is 2.85. The van der Waals surface area contributed by atoms with E-state index in [0.29, 0.717) is 23.7 Å². The molecule has 1 aliphatic rings. The van der Waals surface area contributed by atoms with E-state index < -0.39 is 11.6 Å². The molecule has 3 aromatic rings. The molecule has 0 saturated heterocycles. The van der Waals surface area contributed by atoms with Crippen molar-refractivity contribution in [2.24, 2.45) is 0 Å². The standard InChI is InChI=1S/C17H14F2N4O/c1-9(15-8-20-4-5-21-15)16-22-17(24-23-16)13-7-12(13)11-3-2-10(18)6-14(11)19/h2-6,8-9,12-13H,7H2,1H3/t9?,12-,13+/m0/s1. The van der Waals surface area contributed by atoms with Crippen molar-refractivity contribution in [1.29, 1.82) is 0 Å². The van der Waals surface area contributed by atoms with Gasteiger partial charge in [-0.1, -0.05) is 11.2 Å². The minimum absolute atomic E-state index is 0.0275. The molecule has 0 radical (unpaired) electrons. The first-order chi connectivity index (χ1) is 11.6. The second-order valence-electron chi connectivity index (χ2n) is 5.96. The van der Waals surface area contributed by atoms with Gasteiger partial charge in [0.25, 0.3) is 0 Å². The number of aromatic nitrogens is 4. The van der Waals surface area contributed by atoms with E-state index in [0.717, 1.165) is 11.8 Å². The van der Waals surface area contributed by atoms with E-state index >= 15 is 0 Å². The van der Waals surface area contributed by atoms with Crippen LogP contribution in [-0.4, -0.2) is 20.1 Å². The maximum absolute atomic E-state index is 13.9. The van der Waals surface area contributed by atoms with Crippen LogP contribution in [0, 0.1) is 11.6 Å². The highest BCUT2D eigenvalue weighted by Crippen LogP contribution is 2.54. The van der Waals surface area contributed by atoms with Crippen LogP contribution in [0.5, 0.6) is 0 Å². The summed E-state index contributed by atoms with van der Waals surface area (Å²) in [5.74, 6) is -0.325. The molecule has 0 amide bonds. The van der Waals surface area contributed by atoms with Gasteiger partial charge in [-0.15, -0.1) is 0 Å². The van der Waals surface area contributed by atoms with Gasteiger partial charge in [0.2, 0.25) is 5.89 Å². The summed E-state index contributed by atoms with van der Waals surface area (Å²) in [6.07, 6.45) is 5.59. The van der Waals surface area contributed by atoms with E-state index in [9.17, 15) is 8.78 Å². The Hall–Kier alpha value is -2.70. The third-order valence-corrected chi connectivity index (χ3v) is 4.34. The molecule has 122 valence electrons. The van der Waals surface area contributed by atoms with Crippen molar-refractivity contribution >= 4 is 0 Å². The largest absolute Gasteiger partial charge is 0.339 e. The van der Waals surface area contributed by atoms with Gasteiger partial charge in [0, 0.05) is 30.6 Å². The van der Waals surface area contributed by atoms with Crippen LogP contribution < -0.4 is 0 Å². The lowest BCUT2D eigenvalue weighted by molar-refractivity contribution is 0.371. The molecule has 1 unspecified atom stereocenters. The van der Waals surface area contributed by atoms with E-state index in [1.165, 1.54) is 12.1 Å². The lowest BCUT2D eigenvalue weighted by Crippen LogP contribution is -2.01.